The summed E-state index contributed by atoms with van der Waals surface area (Å²) < 4.78 is 0. The number of nitrogens with two attached hydrogens (primary N) is 1. The monoisotopic (exact) mass is 195 g/mol. The van der Waals surface area contributed by atoms with E-state index in [9.17, 15) is 0 Å². The van der Waals surface area contributed by atoms with Gasteiger partial charge in [-0.2, -0.15) is 0 Å². The topological polar surface area (TPSA) is 71.2 Å². The highest BCUT2D eigenvalue weighted by Gasteiger charge is 2.17. The summed E-state index contributed by atoms with van der Waals surface area (Å²) in [5, 5.41) is 12.2. The number of aliphatic hydroxyl groups excluding tert-OH is 1. The van der Waals surface area contributed by atoms with E-state index in [0.29, 0.717) is 11.5 Å². The van der Waals surface area contributed by atoms with E-state index in [2.05, 4.69) is 10.3 Å². The molecule has 0 aromatic carbocycles. The van der Waals surface area contributed by atoms with Gasteiger partial charge < -0.3 is 16.2 Å². The Balaban J connectivity index is 2.92. The molecule has 0 saturated carbocycles. The van der Waals surface area contributed by atoms with Crippen molar-refractivity contribution in [3.8, 4) is 0 Å². The number of nitrogen functional groups attached to an aromatic ring is 1. The van der Waals surface area contributed by atoms with Gasteiger partial charge in [0.25, 0.3) is 0 Å². The van der Waals surface area contributed by atoms with Crippen molar-refractivity contribution in [3.05, 3.63) is 17.8 Å². The second-order valence-electron chi connectivity index (χ2n) is 4.06. The van der Waals surface area contributed by atoms with Crippen LogP contribution in [0.2, 0.25) is 0 Å². The largest absolute Gasteiger partial charge is 0.396 e. The van der Waals surface area contributed by atoms with Crippen molar-refractivity contribution in [2.75, 3.05) is 17.7 Å². The SMILES string of the molecule is Cc1ccnc(NC(C)(C)CO)c1N. The summed E-state index contributed by atoms with van der Waals surface area (Å²) in [5.41, 5.74) is 7.05. The first kappa shape index (κ1) is 10.8. The average Bonchev–Trinajstić information content (AvgIpc) is 2.13. The van der Waals surface area contributed by atoms with Gasteiger partial charge in [0, 0.05) is 6.20 Å². The van der Waals surface area contributed by atoms with Crippen LogP contribution in [0.25, 0.3) is 0 Å². The van der Waals surface area contributed by atoms with Gasteiger partial charge in [0.2, 0.25) is 0 Å². The summed E-state index contributed by atoms with van der Waals surface area (Å²) in [7, 11) is 0. The van der Waals surface area contributed by atoms with Gasteiger partial charge in [-0.15, -0.1) is 0 Å². The molecule has 0 spiro atoms. The molecule has 0 fully saturated rings. The molecule has 4 N–H and O–H groups in total. The second kappa shape index (κ2) is 3.84. The summed E-state index contributed by atoms with van der Waals surface area (Å²) >= 11 is 0. The fourth-order valence-electron chi connectivity index (χ4n) is 1.03. The van der Waals surface area contributed by atoms with Crippen LogP contribution in [0.15, 0.2) is 12.3 Å². The molecule has 1 aromatic heterocycles. The Kier molecular flexibility index (Phi) is 2.96. The maximum Gasteiger partial charge on any atom is 0.149 e. The summed E-state index contributed by atoms with van der Waals surface area (Å²) in [5.74, 6) is 0.629. The minimum Gasteiger partial charge on any atom is -0.396 e. The van der Waals surface area contributed by atoms with Gasteiger partial charge >= 0.3 is 0 Å². The highest BCUT2D eigenvalue weighted by molar-refractivity contribution is 5.65. The molecule has 0 aliphatic heterocycles. The Labute approximate surface area is 84.2 Å². The first-order valence-electron chi connectivity index (χ1n) is 4.56. The third-order valence-corrected chi connectivity index (χ3v) is 2.06. The van der Waals surface area contributed by atoms with Crippen molar-refractivity contribution in [1.82, 2.24) is 4.98 Å². The van der Waals surface area contributed by atoms with Crippen LogP contribution < -0.4 is 11.1 Å². The average molecular weight is 195 g/mol. The number of nitrogens with zero attached hydrogens (tertiary/aromatic N) is 1. The van der Waals surface area contributed by atoms with Crippen molar-refractivity contribution in [1.29, 1.82) is 0 Å². The molecule has 1 rings (SSSR count). The molecular weight excluding hydrogens is 178 g/mol. The van der Waals surface area contributed by atoms with E-state index in [1.54, 1.807) is 6.20 Å². The number of hydrogen-bond donors (Lipinski definition) is 3. The number of aryl methyl sites for hydroxylation is 1. The van der Waals surface area contributed by atoms with Gasteiger partial charge in [-0.05, 0) is 32.4 Å². The first-order chi connectivity index (χ1) is 6.46. The van der Waals surface area contributed by atoms with E-state index in [1.165, 1.54) is 0 Å². The predicted octanol–water partition coefficient (Wildman–Crippen LogP) is 1.16. The zero-order valence-corrected chi connectivity index (χ0v) is 8.83. The second-order valence-corrected chi connectivity index (χ2v) is 4.06. The van der Waals surface area contributed by atoms with E-state index >= 15 is 0 Å². The van der Waals surface area contributed by atoms with E-state index in [1.807, 2.05) is 26.8 Å². The molecule has 0 bridgehead atoms. The van der Waals surface area contributed by atoms with Crippen molar-refractivity contribution >= 4 is 11.5 Å². The third kappa shape index (κ3) is 2.35. The zero-order valence-electron chi connectivity index (χ0n) is 8.83. The molecule has 0 radical (unpaired) electrons. The molecule has 0 unspecified atom stereocenters. The van der Waals surface area contributed by atoms with Gasteiger partial charge in [-0.25, -0.2) is 4.98 Å². The van der Waals surface area contributed by atoms with Crippen LogP contribution in [0.4, 0.5) is 11.5 Å². The van der Waals surface area contributed by atoms with E-state index in [-0.39, 0.29) is 6.61 Å². The fraction of sp³-hybridized carbons (Fsp3) is 0.500. The normalized spacial score (nSPS) is 11.4. The maximum absolute atomic E-state index is 9.08. The number of aromatic nitrogens is 1. The lowest BCUT2D eigenvalue weighted by Gasteiger charge is -2.25. The lowest BCUT2D eigenvalue weighted by Crippen LogP contribution is -2.35. The summed E-state index contributed by atoms with van der Waals surface area (Å²) in [6.07, 6.45) is 1.70. The van der Waals surface area contributed by atoms with Crippen LogP contribution in [0.5, 0.6) is 0 Å². The van der Waals surface area contributed by atoms with Crippen LogP contribution >= 0.6 is 0 Å². The van der Waals surface area contributed by atoms with Gasteiger partial charge in [0.05, 0.1) is 17.8 Å². The Morgan fingerprint density at radius 1 is 1.57 bits per heavy atom. The number of rotatable bonds is 3. The highest BCUT2D eigenvalue weighted by Crippen LogP contribution is 2.21. The lowest BCUT2D eigenvalue weighted by atomic mass is 10.1. The molecule has 0 aliphatic carbocycles. The third-order valence-electron chi connectivity index (χ3n) is 2.06. The number of aliphatic hydroxyl groups is 1. The molecule has 4 nitrogen and oxygen atoms in total. The summed E-state index contributed by atoms with van der Waals surface area (Å²) in [6.45, 7) is 5.73. The Morgan fingerprint density at radius 2 is 2.21 bits per heavy atom. The van der Waals surface area contributed by atoms with Gasteiger partial charge in [0.1, 0.15) is 5.82 Å². The minimum atomic E-state index is -0.408. The van der Waals surface area contributed by atoms with Crippen LogP contribution in [0.1, 0.15) is 19.4 Å². The van der Waals surface area contributed by atoms with Crippen LogP contribution in [0.3, 0.4) is 0 Å². The molecule has 1 aromatic rings. The summed E-state index contributed by atoms with van der Waals surface area (Å²) in [6, 6.07) is 1.85. The number of nitrogens with one attached hydrogen (secondary N) is 1. The van der Waals surface area contributed by atoms with E-state index in [4.69, 9.17) is 10.8 Å². The van der Waals surface area contributed by atoms with Crippen LogP contribution in [0, 0.1) is 6.92 Å². The standard InChI is InChI=1S/C10H17N3O/c1-7-4-5-12-9(8(7)11)13-10(2,3)6-14/h4-5,14H,6,11H2,1-3H3,(H,12,13). The predicted molar refractivity (Wildman–Crippen MR) is 58.2 cm³/mol. The van der Waals surface area contributed by atoms with Crippen molar-refractivity contribution < 1.29 is 5.11 Å². The quantitative estimate of drug-likeness (QED) is 0.676. The molecule has 78 valence electrons. The van der Waals surface area contributed by atoms with Gasteiger partial charge in [0.15, 0.2) is 0 Å². The Hall–Kier alpha value is -1.29. The van der Waals surface area contributed by atoms with Crippen LogP contribution in [-0.2, 0) is 0 Å². The lowest BCUT2D eigenvalue weighted by molar-refractivity contribution is 0.234. The molecule has 0 saturated heterocycles. The zero-order chi connectivity index (χ0) is 10.8. The molecule has 1 heterocycles. The maximum atomic E-state index is 9.08. The number of anilines is 2. The van der Waals surface area contributed by atoms with E-state index in [0.717, 1.165) is 5.56 Å². The molecular formula is C10H17N3O. The molecule has 0 atom stereocenters. The molecule has 4 heteroatoms. The number of hydrogen-bond acceptors (Lipinski definition) is 4. The molecule has 0 amide bonds. The highest BCUT2D eigenvalue weighted by atomic mass is 16.3. The van der Waals surface area contributed by atoms with Gasteiger partial charge in [-0.1, -0.05) is 0 Å². The fourth-order valence-corrected chi connectivity index (χ4v) is 1.03. The number of pyridine rings is 1. The van der Waals surface area contributed by atoms with Crippen LogP contribution in [-0.4, -0.2) is 22.2 Å². The minimum absolute atomic E-state index is 0.0298. The van der Waals surface area contributed by atoms with Gasteiger partial charge in [-0.3, -0.25) is 0 Å². The first-order valence-corrected chi connectivity index (χ1v) is 4.56. The molecule has 0 aliphatic rings. The Morgan fingerprint density at radius 3 is 2.79 bits per heavy atom. The van der Waals surface area contributed by atoms with Crippen molar-refractivity contribution in [2.24, 2.45) is 0 Å². The smallest absolute Gasteiger partial charge is 0.149 e. The molecule has 14 heavy (non-hydrogen) atoms. The summed E-state index contributed by atoms with van der Waals surface area (Å²) in [4.78, 5) is 4.13. The van der Waals surface area contributed by atoms with Crippen molar-refractivity contribution in [3.63, 3.8) is 0 Å². The Bertz CT molecular complexity index is 323. The van der Waals surface area contributed by atoms with Crippen molar-refractivity contribution in [2.45, 2.75) is 26.3 Å². The van der Waals surface area contributed by atoms with E-state index < -0.39 is 5.54 Å².